The molecule has 3 heteroatoms. The van der Waals surface area contributed by atoms with Crippen LogP contribution in [0, 0.1) is 5.92 Å². The summed E-state index contributed by atoms with van der Waals surface area (Å²) < 4.78 is 5.41. The fourth-order valence-electron chi connectivity index (χ4n) is 2.57. The van der Waals surface area contributed by atoms with Gasteiger partial charge < -0.3 is 15.0 Å². The number of nitrogens with zero attached hydrogens (tertiary/aromatic N) is 1. The minimum absolute atomic E-state index is 0.660. The maximum atomic E-state index is 5.41. The SMILES string of the molecule is CC1CN(CCC2CCOC2)CCCN1. The number of ether oxygens (including phenoxy) is 1. The summed E-state index contributed by atoms with van der Waals surface area (Å²) in [4.78, 5) is 2.61. The zero-order chi connectivity index (χ0) is 10.5. The Kier molecular flexibility index (Phi) is 4.42. The van der Waals surface area contributed by atoms with Crippen LogP contribution >= 0.6 is 0 Å². The molecule has 0 saturated carbocycles. The maximum absolute atomic E-state index is 5.41. The van der Waals surface area contributed by atoms with Gasteiger partial charge >= 0.3 is 0 Å². The highest BCUT2D eigenvalue weighted by atomic mass is 16.5. The average Bonchev–Trinajstić information content (AvgIpc) is 2.65. The Hall–Kier alpha value is -0.120. The Bertz CT molecular complexity index is 180. The Labute approximate surface area is 93.2 Å². The van der Waals surface area contributed by atoms with Gasteiger partial charge in [-0.3, -0.25) is 0 Å². The van der Waals surface area contributed by atoms with Gasteiger partial charge in [0.05, 0.1) is 0 Å². The maximum Gasteiger partial charge on any atom is 0.0495 e. The van der Waals surface area contributed by atoms with Crippen molar-refractivity contribution in [3.05, 3.63) is 0 Å². The van der Waals surface area contributed by atoms with Crippen LogP contribution in [0.5, 0.6) is 0 Å². The van der Waals surface area contributed by atoms with Crippen LogP contribution in [-0.2, 0) is 4.74 Å². The molecular formula is C12H24N2O. The lowest BCUT2D eigenvalue weighted by Gasteiger charge is -2.23. The molecule has 3 nitrogen and oxygen atoms in total. The molecule has 2 aliphatic heterocycles. The molecule has 0 amide bonds. The van der Waals surface area contributed by atoms with Gasteiger partial charge in [-0.15, -0.1) is 0 Å². The second-order valence-corrected chi connectivity index (χ2v) is 5.03. The van der Waals surface area contributed by atoms with E-state index in [4.69, 9.17) is 4.74 Å². The summed E-state index contributed by atoms with van der Waals surface area (Å²) >= 11 is 0. The van der Waals surface area contributed by atoms with E-state index in [1.807, 2.05) is 0 Å². The van der Waals surface area contributed by atoms with Crippen molar-refractivity contribution in [1.29, 1.82) is 0 Å². The van der Waals surface area contributed by atoms with Crippen LogP contribution < -0.4 is 5.32 Å². The summed E-state index contributed by atoms with van der Waals surface area (Å²) in [5, 5.41) is 3.54. The number of nitrogens with one attached hydrogen (secondary N) is 1. The van der Waals surface area contributed by atoms with Gasteiger partial charge in [-0.25, -0.2) is 0 Å². The molecule has 2 atom stereocenters. The normalized spacial score (nSPS) is 34.2. The van der Waals surface area contributed by atoms with Crippen molar-refractivity contribution in [2.75, 3.05) is 39.4 Å². The van der Waals surface area contributed by atoms with Gasteiger partial charge in [0, 0.05) is 25.8 Å². The quantitative estimate of drug-likeness (QED) is 0.758. The molecular weight excluding hydrogens is 188 g/mol. The highest BCUT2D eigenvalue weighted by Crippen LogP contribution is 2.17. The van der Waals surface area contributed by atoms with E-state index in [0.29, 0.717) is 6.04 Å². The van der Waals surface area contributed by atoms with E-state index in [-0.39, 0.29) is 0 Å². The van der Waals surface area contributed by atoms with Crippen LogP contribution in [0.4, 0.5) is 0 Å². The minimum atomic E-state index is 0.660. The largest absolute Gasteiger partial charge is 0.381 e. The van der Waals surface area contributed by atoms with Crippen molar-refractivity contribution in [3.63, 3.8) is 0 Å². The van der Waals surface area contributed by atoms with E-state index in [9.17, 15) is 0 Å². The Morgan fingerprint density at radius 3 is 3.20 bits per heavy atom. The van der Waals surface area contributed by atoms with Crippen molar-refractivity contribution in [3.8, 4) is 0 Å². The van der Waals surface area contributed by atoms with Crippen molar-refractivity contribution >= 4 is 0 Å². The Morgan fingerprint density at radius 1 is 1.47 bits per heavy atom. The van der Waals surface area contributed by atoms with E-state index in [1.165, 1.54) is 45.4 Å². The van der Waals surface area contributed by atoms with E-state index >= 15 is 0 Å². The van der Waals surface area contributed by atoms with Gasteiger partial charge in [0.1, 0.15) is 0 Å². The predicted octanol–water partition coefficient (Wildman–Crippen LogP) is 1.10. The van der Waals surface area contributed by atoms with Crippen molar-refractivity contribution < 1.29 is 4.74 Å². The third kappa shape index (κ3) is 3.74. The van der Waals surface area contributed by atoms with Crippen LogP contribution in [0.15, 0.2) is 0 Å². The van der Waals surface area contributed by atoms with Gasteiger partial charge in [-0.2, -0.15) is 0 Å². The Morgan fingerprint density at radius 2 is 2.40 bits per heavy atom. The third-order valence-corrected chi connectivity index (χ3v) is 3.55. The molecule has 0 aliphatic carbocycles. The summed E-state index contributed by atoms with van der Waals surface area (Å²) in [5.41, 5.74) is 0. The first-order valence-electron chi connectivity index (χ1n) is 6.38. The van der Waals surface area contributed by atoms with Gasteiger partial charge in [0.25, 0.3) is 0 Å². The average molecular weight is 212 g/mol. The van der Waals surface area contributed by atoms with Crippen molar-refractivity contribution in [2.24, 2.45) is 5.92 Å². The lowest BCUT2D eigenvalue weighted by molar-refractivity contribution is 0.177. The van der Waals surface area contributed by atoms with Gasteiger partial charge in [0.2, 0.25) is 0 Å². The molecule has 0 spiro atoms. The molecule has 2 saturated heterocycles. The van der Waals surface area contributed by atoms with Crippen LogP contribution in [0.2, 0.25) is 0 Å². The lowest BCUT2D eigenvalue weighted by atomic mass is 10.0. The van der Waals surface area contributed by atoms with Crippen LogP contribution in [0.25, 0.3) is 0 Å². The van der Waals surface area contributed by atoms with Gasteiger partial charge in [-0.05, 0) is 51.7 Å². The summed E-state index contributed by atoms with van der Waals surface area (Å²) in [6.07, 6.45) is 3.90. The molecule has 0 bridgehead atoms. The van der Waals surface area contributed by atoms with E-state index < -0.39 is 0 Å². The van der Waals surface area contributed by atoms with Crippen molar-refractivity contribution in [2.45, 2.75) is 32.2 Å². The second kappa shape index (κ2) is 5.83. The Balaban J connectivity index is 1.67. The van der Waals surface area contributed by atoms with Crippen LogP contribution in [0.3, 0.4) is 0 Å². The summed E-state index contributed by atoms with van der Waals surface area (Å²) in [7, 11) is 0. The molecule has 88 valence electrons. The highest BCUT2D eigenvalue weighted by molar-refractivity contribution is 4.74. The molecule has 2 fully saturated rings. The van der Waals surface area contributed by atoms with E-state index in [1.54, 1.807) is 0 Å². The fraction of sp³-hybridized carbons (Fsp3) is 1.00. The summed E-state index contributed by atoms with van der Waals surface area (Å²) in [6, 6.07) is 0.660. The second-order valence-electron chi connectivity index (χ2n) is 5.03. The zero-order valence-corrected chi connectivity index (χ0v) is 9.87. The molecule has 2 aliphatic rings. The highest BCUT2D eigenvalue weighted by Gasteiger charge is 2.18. The first-order chi connectivity index (χ1) is 7.34. The molecule has 0 radical (unpaired) electrons. The molecule has 0 aromatic rings. The monoisotopic (exact) mass is 212 g/mol. The number of hydrogen-bond acceptors (Lipinski definition) is 3. The molecule has 0 aromatic carbocycles. The first kappa shape index (κ1) is 11.4. The van der Waals surface area contributed by atoms with Crippen molar-refractivity contribution in [1.82, 2.24) is 10.2 Å². The predicted molar refractivity (Wildman–Crippen MR) is 62.1 cm³/mol. The van der Waals surface area contributed by atoms with Gasteiger partial charge in [0.15, 0.2) is 0 Å². The molecule has 2 heterocycles. The number of hydrogen-bond donors (Lipinski definition) is 1. The zero-order valence-electron chi connectivity index (χ0n) is 9.87. The molecule has 0 aromatic heterocycles. The molecule has 2 rings (SSSR count). The number of rotatable bonds is 3. The van der Waals surface area contributed by atoms with Crippen LogP contribution in [0.1, 0.15) is 26.2 Å². The molecule has 15 heavy (non-hydrogen) atoms. The third-order valence-electron chi connectivity index (χ3n) is 3.55. The standard InChI is InChI=1S/C12H24N2O/c1-11-9-14(6-2-5-13-11)7-3-12-4-8-15-10-12/h11-13H,2-10H2,1H3. The fourth-order valence-corrected chi connectivity index (χ4v) is 2.57. The van der Waals surface area contributed by atoms with Crippen LogP contribution in [-0.4, -0.2) is 50.3 Å². The smallest absolute Gasteiger partial charge is 0.0495 e. The molecule has 2 unspecified atom stereocenters. The van der Waals surface area contributed by atoms with Gasteiger partial charge in [-0.1, -0.05) is 0 Å². The van der Waals surface area contributed by atoms with E-state index in [2.05, 4.69) is 17.1 Å². The summed E-state index contributed by atoms with van der Waals surface area (Å²) in [6.45, 7) is 9.21. The first-order valence-corrected chi connectivity index (χ1v) is 6.38. The minimum Gasteiger partial charge on any atom is -0.381 e. The topological polar surface area (TPSA) is 24.5 Å². The van der Waals surface area contributed by atoms with E-state index in [0.717, 1.165) is 19.1 Å². The lowest BCUT2D eigenvalue weighted by Crippen LogP contribution is -2.36. The molecule has 1 N–H and O–H groups in total. The summed E-state index contributed by atoms with van der Waals surface area (Å²) in [5.74, 6) is 0.830.